The van der Waals surface area contributed by atoms with Crippen molar-refractivity contribution in [2.75, 3.05) is 12.3 Å². The van der Waals surface area contributed by atoms with E-state index in [-0.39, 0.29) is 24.5 Å². The first-order chi connectivity index (χ1) is 13.0. The number of thiol groups is 1. The van der Waals surface area contributed by atoms with Gasteiger partial charge in [-0.3, -0.25) is 19.2 Å². The van der Waals surface area contributed by atoms with Gasteiger partial charge in [0.2, 0.25) is 23.6 Å². The number of carboxylic acids is 1. The minimum Gasteiger partial charge on any atom is -0.480 e. The lowest BCUT2D eigenvalue weighted by atomic mass is 9.97. The van der Waals surface area contributed by atoms with E-state index in [0.717, 1.165) is 0 Å². The number of amides is 4. The standard InChI is InChI=1S/C16H29N5O6S/c1-3-8(2)13(21-14(24)9(17)4-5-11(18)22)15(25)19-6-12(23)20-10(7-28)16(26)27/h8-10,13,28H,3-7,17H2,1-2H3,(H2,18,22)(H,19,25)(H,20,23)(H,21,24)(H,26,27). The third kappa shape index (κ3) is 9.55. The molecule has 4 unspecified atom stereocenters. The first kappa shape index (κ1) is 25.7. The van der Waals surface area contributed by atoms with Crippen LogP contribution >= 0.6 is 12.6 Å². The maximum absolute atomic E-state index is 12.4. The summed E-state index contributed by atoms with van der Waals surface area (Å²) in [5.74, 6) is -4.15. The number of rotatable bonds is 13. The van der Waals surface area contributed by atoms with E-state index < -0.39 is 54.3 Å². The molecule has 4 amide bonds. The van der Waals surface area contributed by atoms with Gasteiger partial charge in [0.25, 0.3) is 0 Å². The lowest BCUT2D eigenvalue weighted by molar-refractivity contribution is -0.141. The smallest absolute Gasteiger partial charge is 0.327 e. The zero-order valence-electron chi connectivity index (χ0n) is 15.9. The monoisotopic (exact) mass is 419 g/mol. The molecule has 0 radical (unpaired) electrons. The van der Waals surface area contributed by atoms with Crippen LogP contribution in [0.3, 0.4) is 0 Å². The number of carbonyl (C=O) groups is 5. The third-order valence-electron chi connectivity index (χ3n) is 4.07. The number of carboxylic acid groups (broad SMARTS) is 1. The van der Waals surface area contributed by atoms with E-state index in [4.69, 9.17) is 16.6 Å². The van der Waals surface area contributed by atoms with Crippen LogP contribution in [0.5, 0.6) is 0 Å². The fourth-order valence-electron chi connectivity index (χ4n) is 2.10. The summed E-state index contributed by atoms with van der Waals surface area (Å²) in [5, 5.41) is 16.0. The topological polar surface area (TPSA) is 194 Å². The Morgan fingerprint density at radius 2 is 1.71 bits per heavy atom. The molecule has 28 heavy (non-hydrogen) atoms. The summed E-state index contributed by atoms with van der Waals surface area (Å²) in [5.41, 5.74) is 10.7. The average Bonchev–Trinajstić information content (AvgIpc) is 2.65. The Hall–Kier alpha value is -2.34. The van der Waals surface area contributed by atoms with Crippen molar-refractivity contribution in [2.45, 2.75) is 51.2 Å². The van der Waals surface area contributed by atoms with Crippen molar-refractivity contribution in [1.29, 1.82) is 0 Å². The molecule has 0 aromatic heterocycles. The van der Waals surface area contributed by atoms with Crippen LogP contribution in [0.15, 0.2) is 0 Å². The fraction of sp³-hybridized carbons (Fsp3) is 0.688. The van der Waals surface area contributed by atoms with Gasteiger partial charge in [0, 0.05) is 12.2 Å². The molecular formula is C16H29N5O6S. The minimum absolute atomic E-state index is 0.0404. The molecule has 0 saturated heterocycles. The Bertz CT molecular complexity index is 588. The molecule has 0 spiro atoms. The third-order valence-corrected chi connectivity index (χ3v) is 4.44. The predicted molar refractivity (Wildman–Crippen MR) is 104 cm³/mol. The number of nitrogens with two attached hydrogens (primary N) is 2. The predicted octanol–water partition coefficient (Wildman–Crippen LogP) is -2.27. The fourth-order valence-corrected chi connectivity index (χ4v) is 2.35. The van der Waals surface area contributed by atoms with Crippen LogP contribution in [0.4, 0.5) is 0 Å². The SMILES string of the molecule is CCC(C)C(NC(=O)C(N)CCC(N)=O)C(=O)NCC(=O)NC(CS)C(=O)O. The van der Waals surface area contributed by atoms with Crippen molar-refractivity contribution < 1.29 is 29.1 Å². The molecule has 4 atom stereocenters. The minimum atomic E-state index is -1.25. The van der Waals surface area contributed by atoms with E-state index in [0.29, 0.717) is 6.42 Å². The lowest BCUT2D eigenvalue weighted by Gasteiger charge is -2.25. The number of hydrogen-bond acceptors (Lipinski definition) is 7. The Morgan fingerprint density at radius 3 is 2.18 bits per heavy atom. The van der Waals surface area contributed by atoms with Crippen LogP contribution in [0, 0.1) is 5.92 Å². The van der Waals surface area contributed by atoms with Crippen LogP contribution in [0.25, 0.3) is 0 Å². The first-order valence-electron chi connectivity index (χ1n) is 8.78. The maximum Gasteiger partial charge on any atom is 0.327 e. The molecule has 11 nitrogen and oxygen atoms in total. The molecule has 160 valence electrons. The summed E-state index contributed by atoms with van der Waals surface area (Å²) in [7, 11) is 0. The van der Waals surface area contributed by atoms with Gasteiger partial charge in [-0.2, -0.15) is 12.6 Å². The Morgan fingerprint density at radius 1 is 1.11 bits per heavy atom. The van der Waals surface area contributed by atoms with Crippen molar-refractivity contribution in [3.05, 3.63) is 0 Å². The summed E-state index contributed by atoms with van der Waals surface area (Å²) in [6.45, 7) is 3.09. The number of aliphatic carboxylic acids is 1. The van der Waals surface area contributed by atoms with Gasteiger partial charge in [-0.25, -0.2) is 4.79 Å². The summed E-state index contributed by atoms with van der Waals surface area (Å²) in [6, 6.07) is -3.15. The van der Waals surface area contributed by atoms with Gasteiger partial charge < -0.3 is 32.5 Å². The second-order valence-electron chi connectivity index (χ2n) is 6.34. The van der Waals surface area contributed by atoms with Crippen LogP contribution in [-0.4, -0.2) is 65.1 Å². The van der Waals surface area contributed by atoms with Gasteiger partial charge in [-0.1, -0.05) is 20.3 Å². The van der Waals surface area contributed by atoms with Gasteiger partial charge in [0.05, 0.1) is 12.6 Å². The molecule has 0 aliphatic heterocycles. The van der Waals surface area contributed by atoms with Crippen LogP contribution in [0.1, 0.15) is 33.1 Å². The van der Waals surface area contributed by atoms with Crippen molar-refractivity contribution in [3.8, 4) is 0 Å². The highest BCUT2D eigenvalue weighted by molar-refractivity contribution is 7.80. The molecule has 0 heterocycles. The average molecular weight is 420 g/mol. The highest BCUT2D eigenvalue weighted by atomic mass is 32.1. The Kier molecular flexibility index (Phi) is 11.9. The van der Waals surface area contributed by atoms with Crippen molar-refractivity contribution in [2.24, 2.45) is 17.4 Å². The zero-order valence-corrected chi connectivity index (χ0v) is 16.8. The van der Waals surface area contributed by atoms with E-state index in [1.54, 1.807) is 6.92 Å². The highest BCUT2D eigenvalue weighted by Gasteiger charge is 2.28. The van der Waals surface area contributed by atoms with E-state index in [1.807, 2.05) is 6.92 Å². The maximum atomic E-state index is 12.4. The van der Waals surface area contributed by atoms with Crippen LogP contribution < -0.4 is 27.4 Å². The molecule has 0 aromatic rings. The van der Waals surface area contributed by atoms with Crippen LogP contribution in [0.2, 0.25) is 0 Å². The van der Waals surface area contributed by atoms with Gasteiger partial charge in [-0.05, 0) is 12.3 Å². The molecule has 0 saturated carbocycles. The Balaban J connectivity index is 4.81. The largest absolute Gasteiger partial charge is 0.480 e. The van der Waals surface area contributed by atoms with E-state index in [1.165, 1.54) is 0 Å². The Labute approximate surface area is 168 Å². The molecule has 12 heteroatoms. The molecule has 0 aliphatic rings. The van der Waals surface area contributed by atoms with Crippen molar-refractivity contribution in [3.63, 3.8) is 0 Å². The molecular weight excluding hydrogens is 390 g/mol. The molecule has 0 bridgehead atoms. The molecule has 0 fully saturated rings. The first-order valence-corrected chi connectivity index (χ1v) is 9.41. The zero-order chi connectivity index (χ0) is 21.9. The number of nitrogens with one attached hydrogen (secondary N) is 3. The molecule has 8 N–H and O–H groups in total. The molecule has 0 aliphatic carbocycles. The summed E-state index contributed by atoms with van der Waals surface area (Å²) < 4.78 is 0. The lowest BCUT2D eigenvalue weighted by Crippen LogP contribution is -2.55. The molecule has 0 aromatic carbocycles. The normalized spacial score (nSPS) is 14.9. The van der Waals surface area contributed by atoms with E-state index >= 15 is 0 Å². The highest BCUT2D eigenvalue weighted by Crippen LogP contribution is 2.09. The van der Waals surface area contributed by atoms with Gasteiger partial charge in [-0.15, -0.1) is 0 Å². The number of carbonyl (C=O) groups excluding carboxylic acids is 4. The van der Waals surface area contributed by atoms with E-state index in [2.05, 4.69) is 28.6 Å². The second kappa shape index (κ2) is 12.9. The van der Waals surface area contributed by atoms with Gasteiger partial charge in [0.1, 0.15) is 12.1 Å². The van der Waals surface area contributed by atoms with Crippen LogP contribution in [-0.2, 0) is 24.0 Å². The van der Waals surface area contributed by atoms with Gasteiger partial charge >= 0.3 is 5.97 Å². The number of primary amides is 1. The van der Waals surface area contributed by atoms with Crippen molar-refractivity contribution in [1.82, 2.24) is 16.0 Å². The summed E-state index contributed by atoms with van der Waals surface area (Å²) in [4.78, 5) is 58.0. The van der Waals surface area contributed by atoms with Gasteiger partial charge in [0.15, 0.2) is 0 Å². The van der Waals surface area contributed by atoms with E-state index in [9.17, 15) is 24.0 Å². The quantitative estimate of drug-likeness (QED) is 0.163. The summed E-state index contributed by atoms with van der Waals surface area (Å²) >= 11 is 3.83. The number of hydrogen-bond donors (Lipinski definition) is 7. The second-order valence-corrected chi connectivity index (χ2v) is 6.71. The summed E-state index contributed by atoms with van der Waals surface area (Å²) in [6.07, 6.45) is 0.533. The molecule has 0 rings (SSSR count). The van der Waals surface area contributed by atoms with Crippen molar-refractivity contribution >= 4 is 42.2 Å².